The molecule has 0 aliphatic rings. The number of ether oxygens (including phenoxy) is 2. The highest BCUT2D eigenvalue weighted by Gasteiger charge is 2.50. The first-order valence-corrected chi connectivity index (χ1v) is 9.38. The van der Waals surface area contributed by atoms with Gasteiger partial charge in [0.25, 0.3) is 0 Å². The van der Waals surface area contributed by atoms with E-state index in [0.29, 0.717) is 0 Å². The molecular weight excluding hydrogens is 423 g/mol. The Bertz CT molecular complexity index is 920. The molecule has 0 heterocycles. The van der Waals surface area contributed by atoms with Crippen molar-refractivity contribution in [1.29, 1.82) is 0 Å². The fourth-order valence-corrected chi connectivity index (χ4v) is 2.88. The zero-order valence-corrected chi connectivity index (χ0v) is 17.2. The van der Waals surface area contributed by atoms with Gasteiger partial charge in [0.2, 0.25) is 5.75 Å². The lowest BCUT2D eigenvalue weighted by Gasteiger charge is -2.27. The molecule has 0 saturated carbocycles. The van der Waals surface area contributed by atoms with Gasteiger partial charge in [0.15, 0.2) is 6.10 Å². The molecule has 0 amide bonds. The van der Waals surface area contributed by atoms with Crippen LogP contribution in [0.2, 0.25) is 0 Å². The van der Waals surface area contributed by atoms with Gasteiger partial charge in [-0.1, -0.05) is 0 Å². The number of rotatable bonds is 6. The Hall–Kier alpha value is -2.41. The van der Waals surface area contributed by atoms with Crippen molar-refractivity contribution in [3.8, 4) is 5.75 Å². The minimum absolute atomic E-state index is 0.0762. The fourth-order valence-electron chi connectivity index (χ4n) is 2.35. The molecule has 1 rings (SSSR count). The number of carbonyl (C=O) groups excluding carboxylic acids is 1. The molecule has 1 atom stereocenters. The number of benzene rings is 1. The van der Waals surface area contributed by atoms with Crippen LogP contribution in [-0.4, -0.2) is 37.5 Å². The minimum Gasteiger partial charge on any atom is -0.467 e. The summed E-state index contributed by atoms with van der Waals surface area (Å²) in [5.41, 5.74) is -8.44. The van der Waals surface area contributed by atoms with Crippen LogP contribution in [0, 0.1) is 24.0 Å². The highest BCUT2D eigenvalue weighted by molar-refractivity contribution is 7.88. The molecular formula is C16H20F3NO8S. The first kappa shape index (κ1) is 24.6. The molecule has 0 saturated heterocycles. The van der Waals surface area contributed by atoms with E-state index in [0.717, 1.165) is 27.0 Å². The van der Waals surface area contributed by atoms with E-state index in [2.05, 4.69) is 8.92 Å². The largest absolute Gasteiger partial charge is 0.534 e. The monoisotopic (exact) mass is 443 g/mol. The molecule has 1 aromatic carbocycles. The predicted molar refractivity (Wildman–Crippen MR) is 93.8 cm³/mol. The van der Waals surface area contributed by atoms with E-state index in [4.69, 9.17) is 4.74 Å². The Morgan fingerprint density at radius 2 is 1.72 bits per heavy atom. The van der Waals surface area contributed by atoms with Crippen molar-refractivity contribution in [1.82, 2.24) is 0 Å². The van der Waals surface area contributed by atoms with Crippen molar-refractivity contribution in [3.63, 3.8) is 0 Å². The van der Waals surface area contributed by atoms with E-state index in [-0.39, 0.29) is 16.7 Å². The summed E-state index contributed by atoms with van der Waals surface area (Å²) in [7, 11) is -5.10. The van der Waals surface area contributed by atoms with Crippen LogP contribution in [0.5, 0.6) is 5.75 Å². The van der Waals surface area contributed by atoms with Crippen LogP contribution in [0.4, 0.5) is 18.9 Å². The number of nitro benzene ring substituents is 1. The number of alkyl halides is 3. The number of nitro groups is 1. The van der Waals surface area contributed by atoms with Crippen LogP contribution in [0.15, 0.2) is 6.07 Å². The molecule has 13 heteroatoms. The van der Waals surface area contributed by atoms with E-state index in [1.54, 1.807) is 20.8 Å². The van der Waals surface area contributed by atoms with E-state index in [1.807, 2.05) is 0 Å². The Kier molecular flexibility index (Phi) is 6.92. The summed E-state index contributed by atoms with van der Waals surface area (Å²) in [4.78, 5) is 22.6. The number of aryl methyl sites for hydroxylation is 1. The van der Waals surface area contributed by atoms with Crippen molar-refractivity contribution in [2.75, 3.05) is 7.11 Å². The van der Waals surface area contributed by atoms with Crippen molar-refractivity contribution in [3.05, 3.63) is 32.9 Å². The highest BCUT2D eigenvalue weighted by Crippen LogP contribution is 2.42. The van der Waals surface area contributed by atoms with Gasteiger partial charge in [-0.25, -0.2) is 4.79 Å². The number of halogens is 3. The predicted octanol–water partition coefficient (Wildman–Crippen LogP) is 3.47. The maximum absolute atomic E-state index is 12.7. The third kappa shape index (κ3) is 5.56. The van der Waals surface area contributed by atoms with E-state index < -0.39 is 49.7 Å². The van der Waals surface area contributed by atoms with Gasteiger partial charge < -0.3 is 13.7 Å². The Labute approximate surface area is 165 Å². The van der Waals surface area contributed by atoms with Crippen LogP contribution in [0.1, 0.15) is 43.6 Å². The molecule has 0 fully saturated rings. The van der Waals surface area contributed by atoms with Crippen LogP contribution in [0.3, 0.4) is 0 Å². The highest BCUT2D eigenvalue weighted by atomic mass is 32.2. The standard InChI is InChI=1S/C16H20F3NO8S/c1-8-7-10(13(14(21)26-6)27-15(3,4)5)9(2)11(20(22)23)12(8)28-29(24,25)16(17,18)19/h7,13H,1-6H3/t13-/m0/s1. The number of nitrogens with zero attached hydrogens (tertiary/aromatic N) is 1. The summed E-state index contributed by atoms with van der Waals surface area (Å²) >= 11 is 0. The SMILES string of the molecule is COC(=O)[C@@H](OC(C)(C)C)c1cc(C)c(OS(=O)(=O)C(F)(F)F)c([N+](=O)[O-])c1C. The second-order valence-electron chi connectivity index (χ2n) is 6.96. The second kappa shape index (κ2) is 8.14. The molecule has 0 bridgehead atoms. The van der Waals surface area contributed by atoms with Gasteiger partial charge in [-0.2, -0.15) is 21.6 Å². The number of esters is 1. The first-order chi connectivity index (χ1) is 12.9. The molecule has 0 spiro atoms. The fraction of sp³-hybridized carbons (Fsp3) is 0.562. The van der Waals surface area contributed by atoms with Crippen molar-refractivity contribution < 1.29 is 45.0 Å². The zero-order chi connectivity index (χ0) is 22.9. The normalized spacial score (nSPS) is 13.7. The van der Waals surface area contributed by atoms with Gasteiger partial charge in [-0.3, -0.25) is 10.1 Å². The molecule has 1 aromatic rings. The Morgan fingerprint density at radius 3 is 2.10 bits per heavy atom. The van der Waals surface area contributed by atoms with E-state index in [1.165, 1.54) is 0 Å². The Balaban J connectivity index is 3.76. The molecule has 0 radical (unpaired) electrons. The van der Waals surface area contributed by atoms with Crippen LogP contribution >= 0.6 is 0 Å². The van der Waals surface area contributed by atoms with Crippen LogP contribution in [0.25, 0.3) is 0 Å². The summed E-state index contributed by atoms with van der Waals surface area (Å²) in [5.74, 6) is -2.01. The number of methoxy groups -OCH3 is 1. The van der Waals surface area contributed by atoms with Gasteiger partial charge in [0.05, 0.1) is 17.6 Å². The lowest BCUT2D eigenvalue weighted by molar-refractivity contribution is -0.386. The minimum atomic E-state index is -6.16. The Morgan fingerprint density at radius 1 is 1.21 bits per heavy atom. The van der Waals surface area contributed by atoms with E-state index >= 15 is 0 Å². The average molecular weight is 443 g/mol. The van der Waals surface area contributed by atoms with Crippen molar-refractivity contribution in [2.24, 2.45) is 0 Å². The van der Waals surface area contributed by atoms with Crippen molar-refractivity contribution >= 4 is 21.8 Å². The topological polar surface area (TPSA) is 122 Å². The third-order valence-corrected chi connectivity index (χ3v) is 4.51. The summed E-state index contributed by atoms with van der Waals surface area (Å²) in [6.45, 7) is 7.04. The molecule has 29 heavy (non-hydrogen) atoms. The first-order valence-electron chi connectivity index (χ1n) is 7.97. The quantitative estimate of drug-likeness (QED) is 0.215. The lowest BCUT2D eigenvalue weighted by atomic mass is 9.97. The molecule has 0 unspecified atom stereocenters. The average Bonchev–Trinajstić information content (AvgIpc) is 2.52. The summed E-state index contributed by atoms with van der Waals surface area (Å²) in [6, 6.07) is 1.08. The summed E-state index contributed by atoms with van der Waals surface area (Å²) < 4.78 is 75.0. The maximum atomic E-state index is 12.7. The smallest absolute Gasteiger partial charge is 0.467 e. The zero-order valence-electron chi connectivity index (χ0n) is 16.4. The van der Waals surface area contributed by atoms with Gasteiger partial charge in [0.1, 0.15) is 0 Å². The number of carbonyl (C=O) groups is 1. The molecule has 0 aliphatic heterocycles. The lowest BCUT2D eigenvalue weighted by Crippen LogP contribution is -2.30. The summed E-state index contributed by atoms with van der Waals surface area (Å²) in [6.07, 6.45) is -1.45. The van der Waals surface area contributed by atoms with Gasteiger partial charge >= 0.3 is 27.3 Å². The summed E-state index contributed by atoms with van der Waals surface area (Å²) in [5, 5.41) is 11.5. The maximum Gasteiger partial charge on any atom is 0.534 e. The van der Waals surface area contributed by atoms with Gasteiger partial charge in [-0.15, -0.1) is 0 Å². The van der Waals surface area contributed by atoms with Gasteiger partial charge in [0, 0.05) is 16.7 Å². The molecule has 164 valence electrons. The molecule has 0 aromatic heterocycles. The number of hydrogen-bond acceptors (Lipinski definition) is 8. The third-order valence-electron chi connectivity index (χ3n) is 3.56. The van der Waals surface area contributed by atoms with Crippen molar-refractivity contribution in [2.45, 2.75) is 51.8 Å². The van der Waals surface area contributed by atoms with Crippen LogP contribution < -0.4 is 4.18 Å². The molecule has 9 nitrogen and oxygen atoms in total. The van der Waals surface area contributed by atoms with Crippen LogP contribution in [-0.2, 0) is 24.4 Å². The number of hydrogen-bond donors (Lipinski definition) is 0. The molecule has 0 aliphatic carbocycles. The van der Waals surface area contributed by atoms with Gasteiger partial charge in [-0.05, 0) is 40.7 Å². The second-order valence-corrected chi connectivity index (χ2v) is 8.50. The molecule has 0 N–H and O–H groups in total. The van der Waals surface area contributed by atoms with E-state index in [9.17, 15) is 36.5 Å².